The van der Waals surface area contributed by atoms with Crippen molar-refractivity contribution in [2.45, 2.75) is 0 Å². The second kappa shape index (κ2) is 5.23. The zero-order valence-electron chi connectivity index (χ0n) is 9.98. The summed E-state index contributed by atoms with van der Waals surface area (Å²) < 4.78 is 19.1. The number of halogens is 3. The standard InChI is InChI=1S/C14H7Cl2FN2O/c15-8-5-6-11(16)10(7-8)14-19-18-13(20-14)9-3-1-2-4-12(9)17/h1-7H. The molecule has 0 spiro atoms. The summed E-state index contributed by atoms with van der Waals surface area (Å²) in [6.45, 7) is 0. The molecule has 0 atom stereocenters. The Morgan fingerprint density at radius 1 is 0.900 bits per heavy atom. The van der Waals surface area contributed by atoms with Crippen LogP contribution in [0.25, 0.3) is 22.9 Å². The Labute approximate surface area is 124 Å². The van der Waals surface area contributed by atoms with Gasteiger partial charge in [-0.15, -0.1) is 10.2 Å². The maximum absolute atomic E-state index is 13.7. The topological polar surface area (TPSA) is 38.9 Å². The second-order valence-electron chi connectivity index (χ2n) is 4.02. The third kappa shape index (κ3) is 2.40. The largest absolute Gasteiger partial charge is 0.416 e. The Morgan fingerprint density at radius 3 is 2.35 bits per heavy atom. The summed E-state index contributed by atoms with van der Waals surface area (Å²) in [5.41, 5.74) is 0.749. The summed E-state index contributed by atoms with van der Waals surface area (Å²) in [6.07, 6.45) is 0. The molecule has 1 aromatic heterocycles. The lowest BCUT2D eigenvalue weighted by atomic mass is 10.2. The summed E-state index contributed by atoms with van der Waals surface area (Å²) in [6, 6.07) is 11.1. The number of nitrogens with zero attached hydrogens (tertiary/aromatic N) is 2. The smallest absolute Gasteiger partial charge is 0.251 e. The van der Waals surface area contributed by atoms with Gasteiger partial charge in [0, 0.05) is 5.02 Å². The highest BCUT2D eigenvalue weighted by molar-refractivity contribution is 6.35. The van der Waals surface area contributed by atoms with Crippen LogP contribution in [-0.2, 0) is 0 Å². The first-order chi connectivity index (χ1) is 9.65. The number of hydrogen-bond acceptors (Lipinski definition) is 3. The molecule has 6 heteroatoms. The van der Waals surface area contributed by atoms with Crippen LogP contribution in [-0.4, -0.2) is 10.2 Å². The average Bonchev–Trinajstić information content (AvgIpc) is 2.91. The molecule has 1 heterocycles. The summed E-state index contributed by atoms with van der Waals surface area (Å²) in [7, 11) is 0. The van der Waals surface area contributed by atoms with E-state index < -0.39 is 5.82 Å². The van der Waals surface area contributed by atoms with Crippen molar-refractivity contribution in [3.63, 3.8) is 0 Å². The third-order valence-corrected chi connectivity index (χ3v) is 3.25. The Morgan fingerprint density at radius 2 is 1.60 bits per heavy atom. The number of aromatic nitrogens is 2. The molecule has 3 nitrogen and oxygen atoms in total. The lowest BCUT2D eigenvalue weighted by molar-refractivity contribution is 0.571. The van der Waals surface area contributed by atoms with Crippen LogP contribution in [0.3, 0.4) is 0 Å². The summed E-state index contributed by atoms with van der Waals surface area (Å²) in [5, 5.41) is 8.64. The number of rotatable bonds is 2. The van der Waals surface area contributed by atoms with E-state index in [-0.39, 0.29) is 17.3 Å². The number of benzene rings is 2. The minimum Gasteiger partial charge on any atom is -0.416 e. The van der Waals surface area contributed by atoms with E-state index in [1.54, 1.807) is 36.4 Å². The van der Waals surface area contributed by atoms with Gasteiger partial charge in [-0.1, -0.05) is 35.3 Å². The maximum Gasteiger partial charge on any atom is 0.251 e. The van der Waals surface area contributed by atoms with Gasteiger partial charge in [-0.3, -0.25) is 0 Å². The zero-order chi connectivity index (χ0) is 14.1. The molecule has 0 aliphatic rings. The average molecular weight is 309 g/mol. The van der Waals surface area contributed by atoms with Crippen LogP contribution in [0.15, 0.2) is 46.9 Å². The van der Waals surface area contributed by atoms with Crippen molar-refractivity contribution < 1.29 is 8.81 Å². The fraction of sp³-hybridized carbons (Fsp3) is 0. The van der Waals surface area contributed by atoms with E-state index in [9.17, 15) is 4.39 Å². The molecule has 2 aromatic carbocycles. The van der Waals surface area contributed by atoms with Crippen molar-refractivity contribution in [2.75, 3.05) is 0 Å². The monoisotopic (exact) mass is 308 g/mol. The molecular weight excluding hydrogens is 302 g/mol. The fourth-order valence-corrected chi connectivity index (χ4v) is 2.11. The first-order valence-corrected chi connectivity index (χ1v) is 6.44. The van der Waals surface area contributed by atoms with Gasteiger partial charge in [0.25, 0.3) is 5.89 Å². The Balaban J connectivity index is 2.07. The molecule has 0 N–H and O–H groups in total. The first-order valence-electron chi connectivity index (χ1n) is 5.69. The van der Waals surface area contributed by atoms with E-state index in [1.165, 1.54) is 6.07 Å². The van der Waals surface area contributed by atoms with Crippen molar-refractivity contribution in [3.05, 3.63) is 58.3 Å². The predicted octanol–water partition coefficient (Wildman–Crippen LogP) is 4.85. The second-order valence-corrected chi connectivity index (χ2v) is 4.86. The molecule has 3 rings (SSSR count). The van der Waals surface area contributed by atoms with Crippen molar-refractivity contribution in [2.24, 2.45) is 0 Å². The Hall–Kier alpha value is -1.91. The van der Waals surface area contributed by atoms with Crippen LogP contribution >= 0.6 is 23.2 Å². The van der Waals surface area contributed by atoms with Crippen LogP contribution in [0.4, 0.5) is 4.39 Å². The molecule has 0 saturated carbocycles. The minimum atomic E-state index is -0.431. The predicted molar refractivity (Wildman–Crippen MR) is 75.1 cm³/mol. The van der Waals surface area contributed by atoms with Crippen LogP contribution in [0.2, 0.25) is 10.0 Å². The third-order valence-electron chi connectivity index (χ3n) is 2.69. The lowest BCUT2D eigenvalue weighted by Gasteiger charge is -1.99. The van der Waals surface area contributed by atoms with E-state index in [2.05, 4.69) is 10.2 Å². The SMILES string of the molecule is Fc1ccccc1-c1nnc(-c2cc(Cl)ccc2Cl)o1. The minimum absolute atomic E-state index is 0.0918. The molecule has 0 unspecified atom stereocenters. The van der Waals surface area contributed by atoms with Crippen molar-refractivity contribution >= 4 is 23.2 Å². The molecular formula is C14H7Cl2FN2O. The highest BCUT2D eigenvalue weighted by Crippen LogP contribution is 2.31. The van der Waals surface area contributed by atoms with Crippen molar-refractivity contribution in [3.8, 4) is 22.9 Å². The Kier molecular flexibility index (Phi) is 3.42. The van der Waals surface area contributed by atoms with Gasteiger partial charge in [0.05, 0.1) is 16.1 Å². The first kappa shape index (κ1) is 13.1. The normalized spacial score (nSPS) is 10.8. The van der Waals surface area contributed by atoms with E-state index in [0.717, 1.165) is 0 Å². The van der Waals surface area contributed by atoms with Crippen LogP contribution < -0.4 is 0 Å². The van der Waals surface area contributed by atoms with Gasteiger partial charge in [-0.2, -0.15) is 0 Å². The maximum atomic E-state index is 13.7. The Bertz CT molecular complexity index is 773. The van der Waals surface area contributed by atoms with Crippen molar-refractivity contribution in [1.82, 2.24) is 10.2 Å². The molecule has 0 amide bonds. The summed E-state index contributed by atoms with van der Waals surface area (Å²) in [4.78, 5) is 0. The van der Waals surface area contributed by atoms with Gasteiger partial charge in [-0.05, 0) is 30.3 Å². The van der Waals surface area contributed by atoms with E-state index in [0.29, 0.717) is 15.6 Å². The highest BCUT2D eigenvalue weighted by atomic mass is 35.5. The summed E-state index contributed by atoms with van der Waals surface area (Å²) in [5.74, 6) is -0.148. The highest BCUT2D eigenvalue weighted by Gasteiger charge is 2.15. The van der Waals surface area contributed by atoms with Crippen LogP contribution in [0.1, 0.15) is 0 Å². The van der Waals surface area contributed by atoms with E-state index in [4.69, 9.17) is 27.6 Å². The van der Waals surface area contributed by atoms with Gasteiger partial charge >= 0.3 is 0 Å². The molecule has 0 bridgehead atoms. The molecule has 100 valence electrons. The van der Waals surface area contributed by atoms with E-state index in [1.807, 2.05) is 0 Å². The van der Waals surface area contributed by atoms with Gasteiger partial charge in [0.15, 0.2) is 0 Å². The molecule has 0 radical (unpaired) electrons. The fourth-order valence-electron chi connectivity index (χ4n) is 1.74. The van der Waals surface area contributed by atoms with Crippen LogP contribution in [0, 0.1) is 5.82 Å². The van der Waals surface area contributed by atoms with E-state index >= 15 is 0 Å². The molecule has 0 aliphatic carbocycles. The molecule has 3 aromatic rings. The zero-order valence-corrected chi connectivity index (χ0v) is 11.5. The molecule has 0 saturated heterocycles. The van der Waals surface area contributed by atoms with Crippen LogP contribution in [0.5, 0.6) is 0 Å². The summed E-state index contributed by atoms with van der Waals surface area (Å²) >= 11 is 12.0. The van der Waals surface area contributed by atoms with Gasteiger partial charge in [-0.25, -0.2) is 4.39 Å². The lowest BCUT2D eigenvalue weighted by Crippen LogP contribution is -1.82. The quantitative estimate of drug-likeness (QED) is 0.679. The number of hydrogen-bond donors (Lipinski definition) is 0. The van der Waals surface area contributed by atoms with Crippen molar-refractivity contribution in [1.29, 1.82) is 0 Å². The molecule has 0 fully saturated rings. The molecule has 0 aliphatic heterocycles. The van der Waals surface area contributed by atoms with Gasteiger partial charge in [0.2, 0.25) is 5.89 Å². The van der Waals surface area contributed by atoms with Gasteiger partial charge < -0.3 is 4.42 Å². The van der Waals surface area contributed by atoms with Gasteiger partial charge in [0.1, 0.15) is 5.82 Å². The molecule has 20 heavy (non-hydrogen) atoms.